The summed E-state index contributed by atoms with van der Waals surface area (Å²) in [5.41, 5.74) is 0.549. The number of hydrogen-bond acceptors (Lipinski definition) is 1. The molecule has 0 aliphatic heterocycles. The smallest absolute Gasteiger partial charge is 0.252 e. The largest absolute Gasteiger partial charge is 0.348 e. The zero-order valence-corrected chi connectivity index (χ0v) is 12.1. The second kappa shape index (κ2) is 5.59. The van der Waals surface area contributed by atoms with Gasteiger partial charge in [0.05, 0.1) is 10.9 Å². The lowest BCUT2D eigenvalue weighted by Gasteiger charge is -2.16. The van der Waals surface area contributed by atoms with E-state index in [9.17, 15) is 4.79 Å². The minimum absolute atomic E-state index is 0.0388. The van der Waals surface area contributed by atoms with E-state index in [2.05, 4.69) is 21.2 Å². The minimum atomic E-state index is -0.128. The molecule has 17 heavy (non-hydrogen) atoms. The van der Waals surface area contributed by atoms with Gasteiger partial charge in [0.15, 0.2) is 0 Å². The maximum Gasteiger partial charge on any atom is 0.252 e. The second-order valence-electron chi connectivity index (χ2n) is 4.15. The maximum atomic E-state index is 12.1. The Balaban J connectivity index is 2.11. The van der Waals surface area contributed by atoms with Gasteiger partial charge in [0, 0.05) is 15.5 Å². The molecule has 0 spiro atoms. The van der Waals surface area contributed by atoms with Gasteiger partial charge in [-0.25, -0.2) is 0 Å². The molecule has 92 valence electrons. The molecule has 1 fully saturated rings. The number of rotatable bonds is 2. The van der Waals surface area contributed by atoms with Gasteiger partial charge in [0.2, 0.25) is 0 Å². The van der Waals surface area contributed by atoms with Gasteiger partial charge >= 0.3 is 0 Å². The van der Waals surface area contributed by atoms with Crippen LogP contribution in [0, 0.1) is 0 Å². The lowest BCUT2D eigenvalue weighted by atomic mass is 10.2. The molecule has 1 aromatic carbocycles. The van der Waals surface area contributed by atoms with Crippen molar-refractivity contribution < 1.29 is 4.79 Å². The fourth-order valence-corrected chi connectivity index (χ4v) is 2.94. The Morgan fingerprint density at radius 1 is 1.41 bits per heavy atom. The number of halogens is 3. The molecule has 1 aliphatic carbocycles. The van der Waals surface area contributed by atoms with E-state index in [1.807, 2.05) is 0 Å². The van der Waals surface area contributed by atoms with Gasteiger partial charge in [-0.15, -0.1) is 11.6 Å². The first-order valence-corrected chi connectivity index (χ1v) is 7.08. The van der Waals surface area contributed by atoms with Crippen LogP contribution in [0.1, 0.15) is 29.6 Å². The third kappa shape index (κ3) is 3.15. The van der Waals surface area contributed by atoms with Crippen molar-refractivity contribution in [1.82, 2.24) is 5.32 Å². The Hall–Kier alpha value is -0.250. The zero-order chi connectivity index (χ0) is 12.4. The Kier molecular flexibility index (Phi) is 4.34. The number of nitrogens with one attached hydrogen (secondary N) is 1. The van der Waals surface area contributed by atoms with Crippen LogP contribution in [0.5, 0.6) is 0 Å². The highest BCUT2D eigenvalue weighted by Crippen LogP contribution is 2.26. The van der Waals surface area contributed by atoms with Crippen molar-refractivity contribution in [2.24, 2.45) is 0 Å². The summed E-state index contributed by atoms with van der Waals surface area (Å²) >= 11 is 15.4. The minimum Gasteiger partial charge on any atom is -0.348 e. The van der Waals surface area contributed by atoms with Crippen molar-refractivity contribution in [3.05, 3.63) is 33.3 Å². The molecule has 1 aromatic rings. The average molecular weight is 337 g/mol. The van der Waals surface area contributed by atoms with Crippen LogP contribution in [0.15, 0.2) is 22.7 Å². The molecular weight excluding hydrogens is 325 g/mol. The van der Waals surface area contributed by atoms with Gasteiger partial charge in [-0.3, -0.25) is 4.79 Å². The predicted molar refractivity (Wildman–Crippen MR) is 73.9 cm³/mol. The Labute approximate surface area is 119 Å². The highest BCUT2D eigenvalue weighted by Gasteiger charge is 2.27. The molecule has 0 radical (unpaired) electrons. The summed E-state index contributed by atoms with van der Waals surface area (Å²) in [6.07, 6.45) is 2.97. The maximum absolute atomic E-state index is 12.1. The van der Waals surface area contributed by atoms with E-state index in [1.54, 1.807) is 18.2 Å². The van der Waals surface area contributed by atoms with Crippen molar-refractivity contribution in [1.29, 1.82) is 0 Å². The summed E-state index contributed by atoms with van der Waals surface area (Å²) in [7, 11) is 0. The van der Waals surface area contributed by atoms with Gasteiger partial charge in [0.25, 0.3) is 5.91 Å². The molecule has 0 saturated heterocycles. The normalized spacial score (nSPS) is 23.7. The third-order valence-corrected chi connectivity index (χ3v) is 4.37. The van der Waals surface area contributed by atoms with Crippen molar-refractivity contribution in [2.45, 2.75) is 30.7 Å². The van der Waals surface area contributed by atoms with Gasteiger partial charge in [0.1, 0.15) is 0 Å². The third-order valence-electron chi connectivity index (χ3n) is 2.92. The van der Waals surface area contributed by atoms with Crippen molar-refractivity contribution in [2.75, 3.05) is 0 Å². The first kappa shape index (κ1) is 13.2. The Morgan fingerprint density at radius 2 is 2.18 bits per heavy atom. The second-order valence-corrected chi connectivity index (χ2v) is 6.00. The molecule has 2 atom stereocenters. The highest BCUT2D eigenvalue weighted by molar-refractivity contribution is 9.10. The number of benzene rings is 1. The molecule has 0 heterocycles. The van der Waals surface area contributed by atoms with Crippen LogP contribution >= 0.6 is 39.1 Å². The summed E-state index contributed by atoms with van der Waals surface area (Å²) in [5.74, 6) is -0.128. The molecule has 1 amide bonds. The molecular formula is C12H12BrCl2NO. The fourth-order valence-electron chi connectivity index (χ4n) is 2.00. The summed E-state index contributed by atoms with van der Waals surface area (Å²) in [5, 5.41) is 3.54. The van der Waals surface area contributed by atoms with Crippen LogP contribution in [0.2, 0.25) is 5.02 Å². The SMILES string of the molecule is O=C(NC1CCCC1Cl)c1cc(Cl)ccc1Br. The fraction of sp³-hybridized carbons (Fsp3) is 0.417. The average Bonchev–Trinajstić information content (AvgIpc) is 2.68. The molecule has 2 unspecified atom stereocenters. The molecule has 1 N–H and O–H groups in total. The zero-order valence-electron chi connectivity index (χ0n) is 9.05. The standard InChI is InChI=1S/C12H12BrCl2NO/c13-9-5-4-7(14)6-8(9)12(17)16-11-3-1-2-10(11)15/h4-6,10-11H,1-3H2,(H,16,17). The van der Waals surface area contributed by atoms with Crippen LogP contribution in [-0.2, 0) is 0 Å². The van der Waals surface area contributed by atoms with Crippen LogP contribution < -0.4 is 5.32 Å². The summed E-state index contributed by atoms with van der Waals surface area (Å²) < 4.78 is 0.739. The quantitative estimate of drug-likeness (QED) is 0.813. The Morgan fingerprint density at radius 3 is 2.82 bits per heavy atom. The molecule has 2 rings (SSSR count). The van der Waals surface area contributed by atoms with E-state index in [1.165, 1.54) is 0 Å². The molecule has 0 aromatic heterocycles. The molecule has 2 nitrogen and oxygen atoms in total. The van der Waals surface area contributed by atoms with Crippen LogP contribution in [0.3, 0.4) is 0 Å². The van der Waals surface area contributed by atoms with Crippen molar-refractivity contribution >= 4 is 45.0 Å². The van der Waals surface area contributed by atoms with Crippen LogP contribution in [0.25, 0.3) is 0 Å². The Bertz CT molecular complexity index is 439. The number of alkyl halides is 1. The topological polar surface area (TPSA) is 29.1 Å². The van der Waals surface area contributed by atoms with E-state index < -0.39 is 0 Å². The first-order valence-electron chi connectivity index (χ1n) is 5.48. The summed E-state index contributed by atoms with van der Waals surface area (Å²) in [6, 6.07) is 5.22. The number of carbonyl (C=O) groups is 1. The monoisotopic (exact) mass is 335 g/mol. The van der Waals surface area contributed by atoms with Gasteiger partial charge in [-0.2, -0.15) is 0 Å². The summed E-state index contributed by atoms with van der Waals surface area (Å²) in [6.45, 7) is 0. The predicted octanol–water partition coefficient (Wildman–Crippen LogP) is 3.99. The summed E-state index contributed by atoms with van der Waals surface area (Å²) in [4.78, 5) is 12.1. The van der Waals surface area contributed by atoms with E-state index in [4.69, 9.17) is 23.2 Å². The number of hydrogen-bond donors (Lipinski definition) is 1. The molecule has 1 saturated carbocycles. The van der Waals surface area contributed by atoms with E-state index in [0.29, 0.717) is 10.6 Å². The van der Waals surface area contributed by atoms with Gasteiger partial charge in [-0.1, -0.05) is 11.6 Å². The van der Waals surface area contributed by atoms with Crippen LogP contribution in [0.4, 0.5) is 0 Å². The molecule has 0 bridgehead atoms. The van der Waals surface area contributed by atoms with E-state index >= 15 is 0 Å². The highest BCUT2D eigenvalue weighted by atomic mass is 79.9. The lowest BCUT2D eigenvalue weighted by molar-refractivity contribution is 0.0937. The van der Waals surface area contributed by atoms with Crippen molar-refractivity contribution in [3.8, 4) is 0 Å². The van der Waals surface area contributed by atoms with E-state index in [-0.39, 0.29) is 17.3 Å². The molecule has 5 heteroatoms. The van der Waals surface area contributed by atoms with Gasteiger partial charge in [-0.05, 0) is 53.4 Å². The van der Waals surface area contributed by atoms with Gasteiger partial charge < -0.3 is 5.32 Å². The lowest BCUT2D eigenvalue weighted by Crippen LogP contribution is -2.38. The molecule has 1 aliphatic rings. The van der Waals surface area contributed by atoms with Crippen molar-refractivity contribution in [3.63, 3.8) is 0 Å². The van der Waals surface area contributed by atoms with Crippen LogP contribution in [-0.4, -0.2) is 17.3 Å². The number of amides is 1. The number of carbonyl (C=O) groups excluding carboxylic acids is 1. The van der Waals surface area contributed by atoms with E-state index in [0.717, 1.165) is 23.7 Å². The first-order chi connectivity index (χ1) is 8.08.